The number of halogens is 2. The van der Waals surface area contributed by atoms with Crippen LogP contribution in [0.4, 0.5) is 10.1 Å². The van der Waals surface area contributed by atoms with Crippen molar-refractivity contribution in [1.29, 1.82) is 0 Å². The second-order valence-corrected chi connectivity index (χ2v) is 12.4. The van der Waals surface area contributed by atoms with E-state index in [9.17, 15) is 22.4 Å². The third-order valence-corrected chi connectivity index (χ3v) is 9.19. The maximum atomic E-state index is 14.4. The van der Waals surface area contributed by atoms with Gasteiger partial charge in [-0.15, -0.1) is 0 Å². The van der Waals surface area contributed by atoms with Crippen molar-refractivity contribution in [2.24, 2.45) is 0 Å². The molecule has 1 atom stereocenters. The molecule has 0 aliphatic rings. The van der Waals surface area contributed by atoms with Gasteiger partial charge in [0.1, 0.15) is 24.2 Å². The van der Waals surface area contributed by atoms with Crippen LogP contribution < -0.4 is 14.4 Å². The first-order chi connectivity index (χ1) is 21.6. The van der Waals surface area contributed by atoms with Gasteiger partial charge in [0, 0.05) is 24.5 Å². The van der Waals surface area contributed by atoms with E-state index in [1.165, 1.54) is 41.3 Å². The molecular weight excluding hydrogens is 617 g/mol. The van der Waals surface area contributed by atoms with Gasteiger partial charge in [0.25, 0.3) is 10.0 Å². The normalized spacial score (nSPS) is 11.8. The minimum atomic E-state index is -4.34. The Balaban J connectivity index is 1.79. The highest BCUT2D eigenvalue weighted by Gasteiger charge is 2.34. The van der Waals surface area contributed by atoms with Crippen LogP contribution in [0.25, 0.3) is 0 Å². The van der Waals surface area contributed by atoms with Crippen LogP contribution in [0.15, 0.2) is 108 Å². The Morgan fingerprint density at radius 3 is 2.16 bits per heavy atom. The van der Waals surface area contributed by atoms with Gasteiger partial charge >= 0.3 is 0 Å². The zero-order valence-electron chi connectivity index (χ0n) is 25.0. The molecule has 11 heteroatoms. The minimum Gasteiger partial charge on any atom is -0.494 e. The summed E-state index contributed by atoms with van der Waals surface area (Å²) >= 11 is 6.49. The molecule has 4 rings (SSSR count). The molecule has 0 saturated carbocycles. The Kier molecular flexibility index (Phi) is 11.6. The lowest BCUT2D eigenvalue weighted by atomic mass is 10.0. The number of hydrogen-bond acceptors (Lipinski definition) is 5. The highest BCUT2D eigenvalue weighted by atomic mass is 35.5. The monoisotopic (exact) mass is 651 g/mol. The fourth-order valence-corrected chi connectivity index (χ4v) is 6.40. The number of rotatable bonds is 14. The lowest BCUT2D eigenvalue weighted by Crippen LogP contribution is -2.53. The van der Waals surface area contributed by atoms with Crippen LogP contribution in [-0.2, 0) is 32.6 Å². The van der Waals surface area contributed by atoms with E-state index in [2.05, 4.69) is 5.32 Å². The summed E-state index contributed by atoms with van der Waals surface area (Å²) in [5.74, 6) is -1.13. The molecule has 0 aromatic heterocycles. The smallest absolute Gasteiger partial charge is 0.264 e. The number of hydrogen-bond donors (Lipinski definition) is 1. The van der Waals surface area contributed by atoms with Crippen LogP contribution in [0.3, 0.4) is 0 Å². The SMILES string of the molecule is CCNC(=O)[C@H](Cc1ccccc1)N(Cc1ccccc1Cl)C(=O)CN(c1ccc(F)cc1)S(=O)(=O)c1ccc(OCC)cc1. The molecule has 236 valence electrons. The zero-order valence-corrected chi connectivity index (χ0v) is 26.6. The molecular formula is C34H35ClFN3O5S. The molecule has 2 amide bonds. The molecule has 8 nitrogen and oxygen atoms in total. The fraction of sp³-hybridized carbons (Fsp3) is 0.235. The summed E-state index contributed by atoms with van der Waals surface area (Å²) in [6.07, 6.45) is 0.172. The number of carbonyl (C=O) groups is 2. The fourth-order valence-electron chi connectivity index (χ4n) is 4.79. The van der Waals surface area contributed by atoms with Gasteiger partial charge in [0.15, 0.2) is 0 Å². The van der Waals surface area contributed by atoms with Crippen molar-refractivity contribution in [3.63, 3.8) is 0 Å². The highest BCUT2D eigenvalue weighted by molar-refractivity contribution is 7.92. The van der Waals surface area contributed by atoms with E-state index in [4.69, 9.17) is 16.3 Å². The zero-order chi connectivity index (χ0) is 32.4. The molecule has 0 aliphatic carbocycles. The lowest BCUT2D eigenvalue weighted by Gasteiger charge is -2.34. The van der Waals surface area contributed by atoms with Gasteiger partial charge in [-0.05, 0) is 79.6 Å². The van der Waals surface area contributed by atoms with Gasteiger partial charge in [-0.2, -0.15) is 0 Å². The van der Waals surface area contributed by atoms with Crippen molar-refractivity contribution in [3.05, 3.63) is 125 Å². The summed E-state index contributed by atoms with van der Waals surface area (Å²) in [6, 6.07) is 25.8. The summed E-state index contributed by atoms with van der Waals surface area (Å²) in [5.41, 5.74) is 1.47. The van der Waals surface area contributed by atoms with E-state index >= 15 is 0 Å². The topological polar surface area (TPSA) is 96.0 Å². The number of likely N-dealkylation sites (N-methyl/N-ethyl adjacent to an activating group) is 1. The first kappa shape index (κ1) is 33.5. The van der Waals surface area contributed by atoms with Crippen molar-refractivity contribution >= 4 is 39.1 Å². The van der Waals surface area contributed by atoms with Crippen LogP contribution in [-0.4, -0.2) is 50.9 Å². The number of nitrogens with one attached hydrogen (secondary N) is 1. The van der Waals surface area contributed by atoms with Crippen LogP contribution in [0.5, 0.6) is 5.75 Å². The maximum Gasteiger partial charge on any atom is 0.264 e. The van der Waals surface area contributed by atoms with Crippen molar-refractivity contribution in [2.75, 3.05) is 24.0 Å². The molecule has 0 bridgehead atoms. The van der Waals surface area contributed by atoms with Crippen LogP contribution in [0.2, 0.25) is 5.02 Å². The number of carbonyl (C=O) groups excluding carboxylic acids is 2. The molecule has 0 fully saturated rings. The Labute approximate surface area is 268 Å². The summed E-state index contributed by atoms with van der Waals surface area (Å²) < 4.78 is 48.4. The first-order valence-corrected chi connectivity index (χ1v) is 16.3. The number of sulfonamides is 1. The third-order valence-electron chi connectivity index (χ3n) is 7.04. The van der Waals surface area contributed by atoms with Gasteiger partial charge < -0.3 is 15.0 Å². The number of ether oxygens (including phenoxy) is 1. The molecule has 0 radical (unpaired) electrons. The Morgan fingerprint density at radius 2 is 1.53 bits per heavy atom. The van der Waals surface area contributed by atoms with E-state index < -0.39 is 40.2 Å². The summed E-state index contributed by atoms with van der Waals surface area (Å²) in [6.45, 7) is 3.58. The molecule has 1 N–H and O–H groups in total. The van der Waals surface area contributed by atoms with E-state index in [1.54, 1.807) is 31.2 Å². The molecule has 0 saturated heterocycles. The van der Waals surface area contributed by atoms with Crippen molar-refractivity contribution < 1.29 is 27.1 Å². The van der Waals surface area contributed by atoms with E-state index in [0.29, 0.717) is 29.5 Å². The first-order valence-electron chi connectivity index (χ1n) is 14.5. The van der Waals surface area contributed by atoms with Gasteiger partial charge in [-0.3, -0.25) is 13.9 Å². The van der Waals surface area contributed by atoms with E-state index in [-0.39, 0.29) is 23.5 Å². The quantitative estimate of drug-likeness (QED) is 0.185. The van der Waals surface area contributed by atoms with Gasteiger partial charge in [0.05, 0.1) is 17.2 Å². The van der Waals surface area contributed by atoms with E-state index in [1.807, 2.05) is 37.3 Å². The average molecular weight is 652 g/mol. The predicted molar refractivity (Wildman–Crippen MR) is 173 cm³/mol. The largest absolute Gasteiger partial charge is 0.494 e. The second-order valence-electron chi connectivity index (χ2n) is 10.1. The van der Waals surface area contributed by atoms with Crippen molar-refractivity contribution in [3.8, 4) is 5.75 Å². The minimum absolute atomic E-state index is 0.0620. The number of benzene rings is 4. The maximum absolute atomic E-state index is 14.4. The molecule has 45 heavy (non-hydrogen) atoms. The standard InChI is InChI=1S/C34H35ClFN3O5S/c1-3-37-34(41)32(22-25-10-6-5-7-11-25)38(23-26-12-8-9-13-31(26)35)33(40)24-39(28-16-14-27(36)15-17-28)45(42,43)30-20-18-29(19-21-30)44-4-2/h5-21,32H,3-4,22-24H2,1-2H3,(H,37,41)/t32-/m0/s1. The molecule has 0 spiro atoms. The molecule has 0 heterocycles. The highest BCUT2D eigenvalue weighted by Crippen LogP contribution is 2.27. The summed E-state index contributed by atoms with van der Waals surface area (Å²) in [4.78, 5) is 29.2. The average Bonchev–Trinajstić information content (AvgIpc) is 3.04. The van der Waals surface area contributed by atoms with E-state index in [0.717, 1.165) is 22.0 Å². The number of amides is 2. The lowest BCUT2D eigenvalue weighted by molar-refractivity contribution is -0.140. The Bertz CT molecular complexity index is 1690. The van der Waals surface area contributed by atoms with Gasteiger partial charge in [0.2, 0.25) is 11.8 Å². The van der Waals surface area contributed by atoms with Crippen molar-refractivity contribution in [1.82, 2.24) is 10.2 Å². The Hall–Kier alpha value is -4.41. The third kappa shape index (κ3) is 8.61. The predicted octanol–water partition coefficient (Wildman–Crippen LogP) is 5.85. The molecule has 4 aromatic rings. The number of anilines is 1. The molecule has 4 aromatic carbocycles. The molecule has 0 unspecified atom stereocenters. The van der Waals surface area contributed by atoms with Crippen LogP contribution >= 0.6 is 11.6 Å². The van der Waals surface area contributed by atoms with Crippen molar-refractivity contribution in [2.45, 2.75) is 37.8 Å². The van der Waals surface area contributed by atoms with Gasteiger partial charge in [-0.1, -0.05) is 60.1 Å². The second kappa shape index (κ2) is 15.5. The van der Waals surface area contributed by atoms with Gasteiger partial charge in [-0.25, -0.2) is 12.8 Å². The van der Waals surface area contributed by atoms with Crippen LogP contribution in [0.1, 0.15) is 25.0 Å². The molecule has 0 aliphatic heterocycles. The summed E-state index contributed by atoms with van der Waals surface area (Å²) in [7, 11) is -4.34. The van der Waals surface area contributed by atoms with Crippen LogP contribution in [0, 0.1) is 5.82 Å². The Morgan fingerprint density at radius 1 is 0.889 bits per heavy atom. The number of nitrogens with zero attached hydrogens (tertiary/aromatic N) is 2. The summed E-state index contributed by atoms with van der Waals surface area (Å²) in [5, 5.41) is 3.20.